The Labute approximate surface area is 111 Å². The molecule has 2 atom stereocenters. The molecule has 18 heavy (non-hydrogen) atoms. The van der Waals surface area contributed by atoms with Gasteiger partial charge in [0, 0.05) is 37.1 Å². The Morgan fingerprint density at radius 2 is 2.67 bits per heavy atom. The molecule has 1 aromatic rings. The summed E-state index contributed by atoms with van der Waals surface area (Å²) in [6, 6.07) is 0. The monoisotopic (exact) mass is 269 g/mol. The summed E-state index contributed by atoms with van der Waals surface area (Å²) in [6.45, 7) is 5.02. The highest BCUT2D eigenvalue weighted by Crippen LogP contribution is 2.16. The van der Waals surface area contributed by atoms with Crippen LogP contribution in [-0.2, 0) is 9.53 Å². The number of hydrogen-bond acceptors (Lipinski definition) is 5. The molecule has 1 aliphatic heterocycles. The summed E-state index contributed by atoms with van der Waals surface area (Å²) in [6.07, 6.45) is 2.23. The molecule has 0 radical (unpaired) electrons. The second-order valence-electron chi connectivity index (χ2n) is 4.48. The maximum atomic E-state index is 11.7. The predicted molar refractivity (Wildman–Crippen MR) is 70.8 cm³/mol. The lowest BCUT2D eigenvalue weighted by atomic mass is 10.1. The van der Waals surface area contributed by atoms with Gasteiger partial charge < -0.3 is 15.4 Å². The first-order valence-corrected chi connectivity index (χ1v) is 7.12. The molecule has 0 bridgehead atoms. The zero-order valence-corrected chi connectivity index (χ0v) is 11.3. The van der Waals surface area contributed by atoms with Gasteiger partial charge in [-0.25, -0.2) is 4.98 Å². The molecule has 2 heterocycles. The van der Waals surface area contributed by atoms with Crippen LogP contribution < -0.4 is 10.6 Å². The van der Waals surface area contributed by atoms with Crippen molar-refractivity contribution in [3.05, 3.63) is 16.6 Å². The Morgan fingerprint density at radius 3 is 3.33 bits per heavy atom. The van der Waals surface area contributed by atoms with Gasteiger partial charge in [-0.1, -0.05) is 6.92 Å². The van der Waals surface area contributed by atoms with Gasteiger partial charge >= 0.3 is 0 Å². The van der Waals surface area contributed by atoms with Crippen LogP contribution >= 0.6 is 11.3 Å². The number of carbonyl (C=O) groups is 1. The van der Waals surface area contributed by atoms with Crippen molar-refractivity contribution in [2.24, 2.45) is 0 Å². The van der Waals surface area contributed by atoms with E-state index in [1.165, 1.54) is 0 Å². The number of ether oxygens (including phenoxy) is 1. The summed E-state index contributed by atoms with van der Waals surface area (Å²) >= 11 is 1.62. The third-order valence-electron chi connectivity index (χ3n) is 2.90. The van der Waals surface area contributed by atoms with Gasteiger partial charge in [0.05, 0.1) is 24.1 Å². The second-order valence-corrected chi connectivity index (χ2v) is 5.40. The minimum Gasteiger partial charge on any atom is -0.375 e. The van der Waals surface area contributed by atoms with Crippen molar-refractivity contribution in [2.45, 2.75) is 25.4 Å². The highest BCUT2D eigenvalue weighted by Gasteiger charge is 2.18. The van der Waals surface area contributed by atoms with Crippen molar-refractivity contribution < 1.29 is 9.53 Å². The van der Waals surface area contributed by atoms with E-state index in [4.69, 9.17) is 4.74 Å². The Hall–Kier alpha value is -0.980. The van der Waals surface area contributed by atoms with Crippen LogP contribution in [0.1, 0.15) is 24.3 Å². The summed E-state index contributed by atoms with van der Waals surface area (Å²) < 4.78 is 5.49. The number of hydrogen-bond donors (Lipinski definition) is 2. The van der Waals surface area contributed by atoms with E-state index in [1.807, 2.05) is 5.38 Å². The lowest BCUT2D eigenvalue weighted by Gasteiger charge is -2.23. The quantitative estimate of drug-likeness (QED) is 0.827. The summed E-state index contributed by atoms with van der Waals surface area (Å²) in [5.41, 5.74) is 0. The molecule has 100 valence electrons. The normalized spacial score (nSPS) is 21.5. The first-order chi connectivity index (χ1) is 8.75. The van der Waals surface area contributed by atoms with Gasteiger partial charge in [0.1, 0.15) is 0 Å². The minimum atomic E-state index is 0.00826. The molecule has 1 fully saturated rings. The van der Waals surface area contributed by atoms with Crippen LogP contribution in [0.15, 0.2) is 11.6 Å². The number of carbonyl (C=O) groups excluding carboxylic acids is 1. The number of rotatable bonds is 5. The van der Waals surface area contributed by atoms with Crippen molar-refractivity contribution in [2.75, 3.05) is 26.2 Å². The van der Waals surface area contributed by atoms with Crippen LogP contribution in [0.3, 0.4) is 0 Å². The van der Waals surface area contributed by atoms with Gasteiger partial charge in [-0.15, -0.1) is 11.3 Å². The van der Waals surface area contributed by atoms with E-state index in [0.29, 0.717) is 19.6 Å². The van der Waals surface area contributed by atoms with Gasteiger partial charge in [-0.05, 0) is 0 Å². The van der Waals surface area contributed by atoms with Crippen molar-refractivity contribution in [1.29, 1.82) is 0 Å². The zero-order chi connectivity index (χ0) is 12.8. The number of morpholine rings is 1. The molecule has 1 saturated heterocycles. The van der Waals surface area contributed by atoms with Crippen molar-refractivity contribution in [3.63, 3.8) is 0 Å². The Balaban J connectivity index is 1.68. The van der Waals surface area contributed by atoms with Crippen molar-refractivity contribution in [3.8, 4) is 0 Å². The predicted octanol–water partition coefficient (Wildman–Crippen LogP) is 0.741. The standard InChI is InChI=1S/C12H19N3O2S/c1-9(12-14-3-5-18-12)7-15-11(16)6-10-8-13-2-4-17-10/h3,5,9-10,13H,2,4,6-8H2,1H3,(H,15,16). The largest absolute Gasteiger partial charge is 0.375 e. The molecule has 2 rings (SSSR count). The SMILES string of the molecule is CC(CNC(=O)CC1CNCCO1)c1nccs1. The van der Waals surface area contributed by atoms with E-state index in [1.54, 1.807) is 17.5 Å². The summed E-state index contributed by atoms with van der Waals surface area (Å²) in [5, 5.41) is 9.17. The molecule has 0 aromatic carbocycles. The molecular weight excluding hydrogens is 250 g/mol. The van der Waals surface area contributed by atoms with Gasteiger partial charge in [0.2, 0.25) is 5.91 Å². The van der Waals surface area contributed by atoms with Crippen LogP contribution in [0.2, 0.25) is 0 Å². The lowest BCUT2D eigenvalue weighted by molar-refractivity contribution is -0.124. The van der Waals surface area contributed by atoms with Crippen molar-refractivity contribution >= 4 is 17.2 Å². The molecule has 6 heteroatoms. The molecule has 1 aromatic heterocycles. The third-order valence-corrected chi connectivity index (χ3v) is 3.90. The third kappa shape index (κ3) is 4.04. The number of amides is 1. The molecular formula is C12H19N3O2S. The van der Waals surface area contributed by atoms with E-state index in [-0.39, 0.29) is 17.9 Å². The number of thiazole rings is 1. The first kappa shape index (κ1) is 13.5. The van der Waals surface area contributed by atoms with Crippen LogP contribution in [0.5, 0.6) is 0 Å². The number of nitrogens with one attached hydrogen (secondary N) is 2. The van der Waals surface area contributed by atoms with E-state index < -0.39 is 0 Å². The fourth-order valence-corrected chi connectivity index (χ4v) is 2.56. The molecule has 5 nitrogen and oxygen atoms in total. The van der Waals surface area contributed by atoms with Crippen LogP contribution in [0, 0.1) is 0 Å². The number of aromatic nitrogens is 1. The van der Waals surface area contributed by atoms with E-state index in [0.717, 1.165) is 18.1 Å². The maximum Gasteiger partial charge on any atom is 0.222 e. The molecule has 0 saturated carbocycles. The highest BCUT2D eigenvalue weighted by molar-refractivity contribution is 7.09. The fraction of sp³-hybridized carbons (Fsp3) is 0.667. The molecule has 2 N–H and O–H groups in total. The molecule has 1 aliphatic rings. The van der Waals surface area contributed by atoms with Gasteiger partial charge in [0.25, 0.3) is 0 Å². The molecule has 0 aliphatic carbocycles. The van der Waals surface area contributed by atoms with E-state index in [9.17, 15) is 4.79 Å². The number of nitrogens with zero attached hydrogens (tertiary/aromatic N) is 1. The van der Waals surface area contributed by atoms with Gasteiger partial charge in [-0.2, -0.15) is 0 Å². The van der Waals surface area contributed by atoms with Crippen LogP contribution in [0.25, 0.3) is 0 Å². The minimum absolute atomic E-state index is 0.00826. The lowest BCUT2D eigenvalue weighted by Crippen LogP contribution is -2.41. The molecule has 2 unspecified atom stereocenters. The smallest absolute Gasteiger partial charge is 0.222 e. The average Bonchev–Trinajstić information content (AvgIpc) is 2.91. The maximum absolute atomic E-state index is 11.7. The highest BCUT2D eigenvalue weighted by atomic mass is 32.1. The van der Waals surface area contributed by atoms with Gasteiger partial charge in [-0.3, -0.25) is 4.79 Å². The van der Waals surface area contributed by atoms with Crippen LogP contribution in [0.4, 0.5) is 0 Å². The molecule has 0 spiro atoms. The Kier molecular flexibility index (Phi) is 5.10. The summed E-state index contributed by atoms with van der Waals surface area (Å²) in [4.78, 5) is 16.0. The van der Waals surface area contributed by atoms with Crippen molar-refractivity contribution in [1.82, 2.24) is 15.6 Å². The first-order valence-electron chi connectivity index (χ1n) is 6.24. The van der Waals surface area contributed by atoms with E-state index >= 15 is 0 Å². The zero-order valence-electron chi connectivity index (χ0n) is 10.5. The Morgan fingerprint density at radius 1 is 1.78 bits per heavy atom. The Bertz CT molecular complexity index is 363. The molecule has 1 amide bonds. The topological polar surface area (TPSA) is 63.2 Å². The summed E-state index contributed by atoms with van der Waals surface area (Å²) in [7, 11) is 0. The average molecular weight is 269 g/mol. The fourth-order valence-electron chi connectivity index (χ4n) is 1.86. The second kappa shape index (κ2) is 6.82. The summed E-state index contributed by atoms with van der Waals surface area (Å²) in [5.74, 6) is 0.312. The van der Waals surface area contributed by atoms with Gasteiger partial charge in [0.15, 0.2) is 0 Å². The van der Waals surface area contributed by atoms with Crippen LogP contribution in [-0.4, -0.2) is 43.2 Å². The van der Waals surface area contributed by atoms with E-state index in [2.05, 4.69) is 22.5 Å².